The van der Waals surface area contributed by atoms with Crippen molar-refractivity contribution in [2.24, 2.45) is 0 Å². The average Bonchev–Trinajstić information content (AvgIpc) is 2.70. The van der Waals surface area contributed by atoms with E-state index in [2.05, 4.69) is 4.90 Å². The molecule has 1 aromatic carbocycles. The van der Waals surface area contributed by atoms with Gasteiger partial charge in [0, 0.05) is 12.6 Å². The molecule has 0 amide bonds. The Hall–Kier alpha value is -0.900. The predicted octanol–water partition coefficient (Wildman–Crippen LogP) is 2.66. The van der Waals surface area contributed by atoms with Crippen LogP contribution in [0.1, 0.15) is 49.3 Å². The van der Waals surface area contributed by atoms with Crippen molar-refractivity contribution in [2.75, 3.05) is 19.7 Å². The van der Waals surface area contributed by atoms with E-state index < -0.39 is 6.10 Å². The molecule has 0 spiro atoms. The Morgan fingerprint density at radius 1 is 1.25 bits per heavy atom. The molecule has 1 saturated heterocycles. The molecule has 2 N–H and O–H groups in total. The monoisotopic (exact) mass is 277 g/mol. The van der Waals surface area contributed by atoms with E-state index in [1.54, 1.807) is 0 Å². The highest BCUT2D eigenvalue weighted by Gasteiger charge is 2.21. The standard InChI is InChI=1S/C17H27NO2/c1-14-7-4-5-9-16(14)17(20)10-12-18-11-6-2-3-8-15(18)13-19/h4-5,7,9,15,17,19-20H,2-3,6,8,10-13H2,1H3. The molecule has 0 aliphatic carbocycles. The number of aryl methyl sites for hydroxylation is 1. The van der Waals surface area contributed by atoms with Gasteiger partial charge < -0.3 is 10.2 Å². The molecule has 2 unspecified atom stereocenters. The second-order valence-corrected chi connectivity index (χ2v) is 5.88. The van der Waals surface area contributed by atoms with Crippen molar-refractivity contribution in [3.05, 3.63) is 35.4 Å². The summed E-state index contributed by atoms with van der Waals surface area (Å²) in [4.78, 5) is 2.36. The number of hydrogen-bond acceptors (Lipinski definition) is 3. The van der Waals surface area contributed by atoms with Gasteiger partial charge in [0.1, 0.15) is 0 Å². The van der Waals surface area contributed by atoms with Crippen LogP contribution < -0.4 is 0 Å². The Balaban J connectivity index is 1.91. The quantitative estimate of drug-likeness (QED) is 0.869. The first kappa shape index (κ1) is 15.5. The summed E-state index contributed by atoms with van der Waals surface area (Å²) in [6.45, 7) is 4.19. The van der Waals surface area contributed by atoms with Gasteiger partial charge in [-0.2, -0.15) is 0 Å². The van der Waals surface area contributed by atoms with Crippen LogP contribution in [0.15, 0.2) is 24.3 Å². The molecule has 0 bridgehead atoms. The lowest BCUT2D eigenvalue weighted by Crippen LogP contribution is -2.38. The van der Waals surface area contributed by atoms with Crippen LogP contribution in [0.2, 0.25) is 0 Å². The van der Waals surface area contributed by atoms with Crippen molar-refractivity contribution >= 4 is 0 Å². The predicted molar refractivity (Wildman–Crippen MR) is 81.7 cm³/mol. The number of aliphatic hydroxyl groups is 2. The molecular formula is C17H27NO2. The van der Waals surface area contributed by atoms with Crippen LogP contribution in [0.3, 0.4) is 0 Å². The number of nitrogens with zero attached hydrogens (tertiary/aromatic N) is 1. The smallest absolute Gasteiger partial charge is 0.0804 e. The number of benzene rings is 1. The number of rotatable bonds is 5. The lowest BCUT2D eigenvalue weighted by molar-refractivity contribution is 0.0945. The first-order valence-electron chi connectivity index (χ1n) is 7.81. The van der Waals surface area contributed by atoms with Crippen LogP contribution in [-0.4, -0.2) is 40.9 Å². The van der Waals surface area contributed by atoms with Gasteiger partial charge in [0.05, 0.1) is 12.7 Å². The highest BCUT2D eigenvalue weighted by Crippen LogP contribution is 2.23. The summed E-state index contributed by atoms with van der Waals surface area (Å²) in [5.41, 5.74) is 2.18. The lowest BCUT2D eigenvalue weighted by atomic mass is 10.0. The Labute approximate surface area is 122 Å². The molecule has 2 atom stereocenters. The van der Waals surface area contributed by atoms with E-state index >= 15 is 0 Å². The summed E-state index contributed by atoms with van der Waals surface area (Å²) >= 11 is 0. The van der Waals surface area contributed by atoms with Crippen molar-refractivity contribution in [3.63, 3.8) is 0 Å². The Morgan fingerprint density at radius 3 is 2.80 bits per heavy atom. The summed E-state index contributed by atoms with van der Waals surface area (Å²) in [7, 11) is 0. The van der Waals surface area contributed by atoms with E-state index in [9.17, 15) is 10.2 Å². The van der Waals surface area contributed by atoms with Crippen molar-refractivity contribution in [1.82, 2.24) is 4.90 Å². The molecule has 1 aliphatic rings. The Bertz CT molecular complexity index is 408. The summed E-state index contributed by atoms with van der Waals surface area (Å²) in [5.74, 6) is 0. The molecule has 3 heteroatoms. The van der Waals surface area contributed by atoms with E-state index in [1.165, 1.54) is 19.3 Å². The summed E-state index contributed by atoms with van der Waals surface area (Å²) in [6.07, 6.45) is 5.09. The van der Waals surface area contributed by atoms with Crippen LogP contribution in [0.25, 0.3) is 0 Å². The minimum atomic E-state index is -0.404. The van der Waals surface area contributed by atoms with Gasteiger partial charge >= 0.3 is 0 Å². The third-order valence-corrected chi connectivity index (χ3v) is 4.45. The molecule has 0 aromatic heterocycles. The van der Waals surface area contributed by atoms with Crippen molar-refractivity contribution in [2.45, 2.75) is 51.2 Å². The Kier molecular flexibility index (Phi) is 6.02. The minimum absolute atomic E-state index is 0.237. The molecular weight excluding hydrogens is 250 g/mol. The van der Waals surface area contributed by atoms with Gasteiger partial charge in [0.2, 0.25) is 0 Å². The average molecular weight is 277 g/mol. The van der Waals surface area contributed by atoms with Gasteiger partial charge in [0.15, 0.2) is 0 Å². The van der Waals surface area contributed by atoms with E-state index in [1.807, 2.05) is 31.2 Å². The van der Waals surface area contributed by atoms with E-state index in [4.69, 9.17) is 0 Å². The fourth-order valence-electron chi connectivity index (χ4n) is 3.14. The summed E-state index contributed by atoms with van der Waals surface area (Å²) < 4.78 is 0. The third-order valence-electron chi connectivity index (χ3n) is 4.45. The lowest BCUT2D eigenvalue weighted by Gasteiger charge is -2.29. The van der Waals surface area contributed by atoms with Crippen LogP contribution >= 0.6 is 0 Å². The highest BCUT2D eigenvalue weighted by molar-refractivity contribution is 5.27. The zero-order valence-corrected chi connectivity index (χ0v) is 12.5. The summed E-state index contributed by atoms with van der Waals surface area (Å²) in [5, 5.41) is 19.9. The van der Waals surface area contributed by atoms with Gasteiger partial charge in [-0.1, -0.05) is 37.1 Å². The molecule has 1 aliphatic heterocycles. The second kappa shape index (κ2) is 7.77. The van der Waals surface area contributed by atoms with Gasteiger partial charge in [-0.15, -0.1) is 0 Å². The van der Waals surface area contributed by atoms with E-state index in [0.717, 1.165) is 37.1 Å². The van der Waals surface area contributed by atoms with E-state index in [-0.39, 0.29) is 12.6 Å². The normalized spacial score (nSPS) is 22.4. The molecule has 2 rings (SSSR count). The molecule has 3 nitrogen and oxygen atoms in total. The van der Waals surface area contributed by atoms with Crippen molar-refractivity contribution < 1.29 is 10.2 Å². The van der Waals surface area contributed by atoms with E-state index in [0.29, 0.717) is 0 Å². The maximum Gasteiger partial charge on any atom is 0.0804 e. The minimum Gasteiger partial charge on any atom is -0.395 e. The topological polar surface area (TPSA) is 43.7 Å². The van der Waals surface area contributed by atoms with Gasteiger partial charge in [0.25, 0.3) is 0 Å². The largest absolute Gasteiger partial charge is 0.395 e. The fourth-order valence-corrected chi connectivity index (χ4v) is 3.14. The number of hydrogen-bond donors (Lipinski definition) is 2. The number of aliphatic hydroxyl groups excluding tert-OH is 2. The zero-order chi connectivity index (χ0) is 14.4. The fraction of sp³-hybridized carbons (Fsp3) is 0.647. The van der Waals surface area contributed by atoms with Gasteiger partial charge in [-0.3, -0.25) is 4.90 Å². The van der Waals surface area contributed by atoms with Crippen molar-refractivity contribution in [3.8, 4) is 0 Å². The Morgan fingerprint density at radius 2 is 2.05 bits per heavy atom. The molecule has 1 aromatic rings. The maximum absolute atomic E-state index is 10.4. The van der Waals surface area contributed by atoms with Gasteiger partial charge in [-0.05, 0) is 43.9 Å². The molecule has 0 radical (unpaired) electrons. The SMILES string of the molecule is Cc1ccccc1C(O)CCN1CCCCCC1CO. The van der Waals surface area contributed by atoms with Crippen LogP contribution in [-0.2, 0) is 0 Å². The molecule has 20 heavy (non-hydrogen) atoms. The van der Waals surface area contributed by atoms with Crippen LogP contribution in [0.4, 0.5) is 0 Å². The maximum atomic E-state index is 10.4. The first-order valence-corrected chi connectivity index (χ1v) is 7.81. The van der Waals surface area contributed by atoms with Crippen LogP contribution in [0.5, 0.6) is 0 Å². The second-order valence-electron chi connectivity index (χ2n) is 5.88. The molecule has 112 valence electrons. The molecule has 1 heterocycles. The first-order chi connectivity index (χ1) is 9.72. The summed E-state index contributed by atoms with van der Waals surface area (Å²) in [6, 6.07) is 8.31. The molecule has 0 saturated carbocycles. The van der Waals surface area contributed by atoms with Crippen LogP contribution in [0, 0.1) is 6.92 Å². The highest BCUT2D eigenvalue weighted by atomic mass is 16.3. The van der Waals surface area contributed by atoms with Crippen molar-refractivity contribution in [1.29, 1.82) is 0 Å². The third kappa shape index (κ3) is 4.05. The zero-order valence-electron chi connectivity index (χ0n) is 12.5. The molecule has 1 fully saturated rings. The number of likely N-dealkylation sites (tertiary alicyclic amines) is 1. The van der Waals surface area contributed by atoms with Gasteiger partial charge in [-0.25, -0.2) is 0 Å².